The number of hydrogen-bond donors (Lipinski definition) is 5. The molecule has 0 aliphatic carbocycles. The van der Waals surface area contributed by atoms with Gasteiger partial charge >= 0.3 is 5.96 Å². The molecule has 3 aliphatic rings. The number of anilines is 2. The number of likely N-dealkylation sites (N-methyl/N-ethyl adjacent to an activating group) is 1. The minimum Gasteiger partial charge on any atom is -0.387 e. The first kappa shape index (κ1) is 22.9. The molecule has 1 fully saturated rings. The van der Waals surface area contributed by atoms with Gasteiger partial charge in [0.25, 0.3) is 0 Å². The lowest BCUT2D eigenvalue weighted by molar-refractivity contribution is -0.506. The Labute approximate surface area is 205 Å². The van der Waals surface area contributed by atoms with Crippen molar-refractivity contribution in [2.75, 3.05) is 50.5 Å². The van der Waals surface area contributed by atoms with E-state index in [0.29, 0.717) is 0 Å². The summed E-state index contributed by atoms with van der Waals surface area (Å²) in [7, 11) is 2.11. The van der Waals surface area contributed by atoms with Crippen molar-refractivity contribution in [2.45, 2.75) is 13.2 Å². The zero-order chi connectivity index (χ0) is 23.7. The molecule has 9 heteroatoms. The molecule has 34 heavy (non-hydrogen) atoms. The van der Waals surface area contributed by atoms with Crippen LogP contribution in [-0.4, -0.2) is 60.6 Å². The highest BCUT2D eigenvalue weighted by Crippen LogP contribution is 2.36. The number of quaternary nitrogens is 1. The fourth-order valence-corrected chi connectivity index (χ4v) is 4.66. The summed E-state index contributed by atoms with van der Waals surface area (Å²) in [6.45, 7) is 6.49. The third kappa shape index (κ3) is 4.82. The van der Waals surface area contributed by atoms with E-state index in [1.165, 1.54) is 0 Å². The maximum absolute atomic E-state index is 10.7. The molecule has 5 rings (SSSR count). The van der Waals surface area contributed by atoms with Crippen LogP contribution in [0, 0.1) is 6.92 Å². The standard InChI is InChI=1S/C25H30ClN7O/c1-16-13-22-23(14-19(16)20-15-27-8-7-21(20)26)30-31-25(29-22)28-18-5-3-17(4-6-18)24(34)33-11-9-32(2)10-12-33/h3-7,13-15,24,27,30,34H,8-12H2,1-2H3,(H2,28,29,31)/p+1. The Balaban J connectivity index is 1.28. The number of allylic oxidation sites excluding steroid dienone is 2. The van der Waals surface area contributed by atoms with Crippen molar-refractivity contribution in [3.8, 4) is 0 Å². The molecule has 0 saturated carbocycles. The van der Waals surface area contributed by atoms with E-state index in [9.17, 15) is 5.11 Å². The van der Waals surface area contributed by atoms with Crippen LogP contribution in [0.5, 0.6) is 0 Å². The predicted octanol–water partition coefficient (Wildman–Crippen LogP) is 2.30. The number of hydrogen-bond acceptors (Lipinski definition) is 7. The number of piperazine rings is 1. The molecule has 1 unspecified atom stereocenters. The molecule has 6 N–H and O–H groups in total. The van der Waals surface area contributed by atoms with Gasteiger partial charge in [-0.3, -0.25) is 10.2 Å². The van der Waals surface area contributed by atoms with Crippen LogP contribution in [0.15, 0.2) is 58.7 Å². The van der Waals surface area contributed by atoms with E-state index in [0.717, 1.165) is 83.0 Å². The molecule has 8 nitrogen and oxygen atoms in total. The van der Waals surface area contributed by atoms with Crippen molar-refractivity contribution < 1.29 is 10.5 Å². The highest BCUT2D eigenvalue weighted by molar-refractivity contribution is 6.37. The second kappa shape index (κ2) is 9.77. The summed E-state index contributed by atoms with van der Waals surface area (Å²) < 4.78 is 0. The molecule has 0 aromatic heterocycles. The van der Waals surface area contributed by atoms with E-state index in [1.54, 1.807) is 0 Å². The fraction of sp³-hybridized carbons (Fsp3) is 0.320. The van der Waals surface area contributed by atoms with Crippen LogP contribution in [-0.2, 0) is 0 Å². The van der Waals surface area contributed by atoms with Gasteiger partial charge in [0.15, 0.2) is 0 Å². The summed E-state index contributed by atoms with van der Waals surface area (Å²) in [5.74, 6) is 0.725. The Morgan fingerprint density at radius 1 is 1.15 bits per heavy atom. The molecular weight excluding hydrogens is 450 g/mol. The number of aliphatic hydroxyl groups excluding tert-OH is 1. The monoisotopic (exact) mass is 480 g/mol. The number of halogens is 1. The Hall–Kier alpha value is -2.88. The smallest absolute Gasteiger partial charge is 0.329 e. The SMILES string of the molecule is Cc1cc2c(cc1C1=CNCC=C1Cl)N[NH2+]C(Nc1ccc(C(O)N3CCN(C)CC3)cc1)=N2. The fourth-order valence-electron chi connectivity index (χ4n) is 4.42. The average molecular weight is 481 g/mol. The molecular formula is C25H31ClN7O+. The van der Waals surface area contributed by atoms with Gasteiger partial charge in [-0.15, -0.1) is 0 Å². The minimum atomic E-state index is -0.579. The van der Waals surface area contributed by atoms with Gasteiger partial charge in [-0.2, -0.15) is 10.4 Å². The maximum Gasteiger partial charge on any atom is 0.329 e. The van der Waals surface area contributed by atoms with Crippen molar-refractivity contribution in [1.82, 2.24) is 15.1 Å². The summed E-state index contributed by atoms with van der Waals surface area (Å²) in [5, 5.41) is 18.1. The highest BCUT2D eigenvalue weighted by atomic mass is 35.5. The molecule has 0 bridgehead atoms. The summed E-state index contributed by atoms with van der Waals surface area (Å²) in [6, 6.07) is 12.1. The third-order valence-corrected chi connectivity index (χ3v) is 6.86. The molecule has 3 aliphatic heterocycles. The Morgan fingerprint density at radius 2 is 1.91 bits per heavy atom. The zero-order valence-corrected chi connectivity index (χ0v) is 20.2. The van der Waals surface area contributed by atoms with Gasteiger partial charge in [0, 0.05) is 55.2 Å². The summed E-state index contributed by atoms with van der Waals surface area (Å²) in [4.78, 5) is 9.18. The quantitative estimate of drug-likeness (QED) is 0.431. The second-order valence-corrected chi connectivity index (χ2v) is 9.36. The number of guanidine groups is 1. The van der Waals surface area contributed by atoms with Crippen LogP contribution in [0.1, 0.15) is 22.9 Å². The number of nitrogens with two attached hydrogens (primary N) is 1. The maximum atomic E-state index is 10.7. The first-order valence-electron chi connectivity index (χ1n) is 11.6. The van der Waals surface area contributed by atoms with E-state index in [-0.39, 0.29) is 0 Å². The highest BCUT2D eigenvalue weighted by Gasteiger charge is 2.23. The normalized spacial score (nSPS) is 19.7. The van der Waals surface area contributed by atoms with Gasteiger partial charge in [0.05, 0.1) is 5.69 Å². The Bertz CT molecular complexity index is 1150. The zero-order valence-electron chi connectivity index (χ0n) is 19.5. The van der Waals surface area contributed by atoms with E-state index >= 15 is 0 Å². The van der Waals surface area contributed by atoms with Crippen LogP contribution in [0.2, 0.25) is 0 Å². The number of aryl methyl sites for hydroxylation is 1. The second-order valence-electron chi connectivity index (χ2n) is 8.95. The number of nitrogens with one attached hydrogen (secondary N) is 3. The number of aliphatic imine (C=N–C) groups is 1. The molecule has 2 aromatic rings. The number of dihydropyridines is 1. The first-order chi connectivity index (χ1) is 16.5. The van der Waals surface area contributed by atoms with Crippen LogP contribution in [0.25, 0.3) is 5.57 Å². The molecule has 0 spiro atoms. The first-order valence-corrected chi connectivity index (χ1v) is 12.0. The van der Waals surface area contributed by atoms with Gasteiger partial charge in [0.1, 0.15) is 11.9 Å². The van der Waals surface area contributed by atoms with Crippen molar-refractivity contribution in [3.63, 3.8) is 0 Å². The van der Waals surface area contributed by atoms with Crippen LogP contribution < -0.4 is 21.5 Å². The topological polar surface area (TPSA) is 91.8 Å². The molecule has 2 aromatic carbocycles. The van der Waals surface area contributed by atoms with Crippen LogP contribution in [0.3, 0.4) is 0 Å². The Morgan fingerprint density at radius 3 is 2.65 bits per heavy atom. The van der Waals surface area contributed by atoms with Gasteiger partial charge in [-0.05, 0) is 61.0 Å². The van der Waals surface area contributed by atoms with Gasteiger partial charge < -0.3 is 15.3 Å². The van der Waals surface area contributed by atoms with Crippen molar-refractivity contribution >= 4 is 40.2 Å². The lowest BCUT2D eigenvalue weighted by Gasteiger charge is -2.35. The lowest BCUT2D eigenvalue weighted by Crippen LogP contribution is -2.94. The minimum absolute atomic E-state index is 0.579. The molecule has 1 saturated heterocycles. The number of fused-ring (bicyclic) bond motifs is 1. The lowest BCUT2D eigenvalue weighted by atomic mass is 9.98. The number of nitrogens with zero attached hydrogens (tertiary/aromatic N) is 3. The number of benzene rings is 2. The number of rotatable bonds is 4. The Kier molecular flexibility index (Phi) is 6.58. The van der Waals surface area contributed by atoms with E-state index in [1.807, 2.05) is 42.0 Å². The van der Waals surface area contributed by atoms with E-state index in [4.69, 9.17) is 16.6 Å². The van der Waals surface area contributed by atoms with E-state index in [2.05, 4.69) is 52.0 Å². The van der Waals surface area contributed by atoms with Crippen LogP contribution in [0.4, 0.5) is 17.1 Å². The van der Waals surface area contributed by atoms with Crippen LogP contribution >= 0.6 is 11.6 Å². The molecule has 178 valence electrons. The molecule has 1 atom stereocenters. The molecule has 0 amide bonds. The summed E-state index contributed by atoms with van der Waals surface area (Å²) in [5.41, 5.74) is 12.0. The average Bonchev–Trinajstić information content (AvgIpc) is 2.85. The number of nitrogen functional groups attached to an aromatic ring is 1. The van der Waals surface area contributed by atoms with Gasteiger partial charge in [-0.25, -0.2) is 5.43 Å². The van der Waals surface area contributed by atoms with Crippen molar-refractivity contribution in [1.29, 1.82) is 0 Å². The third-order valence-electron chi connectivity index (χ3n) is 6.51. The van der Waals surface area contributed by atoms with Crippen molar-refractivity contribution in [2.24, 2.45) is 4.99 Å². The van der Waals surface area contributed by atoms with Crippen molar-refractivity contribution in [3.05, 3.63) is 70.4 Å². The predicted molar refractivity (Wildman–Crippen MR) is 138 cm³/mol. The molecule has 0 radical (unpaired) electrons. The van der Waals surface area contributed by atoms with Gasteiger partial charge in [-0.1, -0.05) is 23.7 Å². The summed E-state index contributed by atoms with van der Waals surface area (Å²) in [6.07, 6.45) is 3.36. The largest absolute Gasteiger partial charge is 0.387 e. The summed E-state index contributed by atoms with van der Waals surface area (Å²) >= 11 is 6.43. The number of aliphatic hydroxyl groups is 1. The molecule has 3 heterocycles. The van der Waals surface area contributed by atoms with E-state index < -0.39 is 6.23 Å². The van der Waals surface area contributed by atoms with Gasteiger partial charge in [0.2, 0.25) is 0 Å².